The minimum absolute atomic E-state index is 0.157. The molecular formula is C24H24F3N5O2. The number of piperidine rings is 1. The Morgan fingerprint density at radius 1 is 1.09 bits per heavy atom. The fraction of sp³-hybridized carbons (Fsp3) is 0.333. The van der Waals surface area contributed by atoms with E-state index in [-0.39, 0.29) is 24.3 Å². The number of likely N-dealkylation sites (tertiary alicyclic amines) is 1. The molecule has 0 saturated carbocycles. The molecule has 7 nitrogen and oxygen atoms in total. The van der Waals surface area contributed by atoms with E-state index in [1.165, 1.54) is 12.3 Å². The molecule has 1 unspecified atom stereocenters. The van der Waals surface area contributed by atoms with Gasteiger partial charge in [0.1, 0.15) is 5.69 Å². The molecule has 0 radical (unpaired) electrons. The lowest BCUT2D eigenvalue weighted by Gasteiger charge is -2.37. The Kier molecular flexibility index (Phi) is 6.78. The quantitative estimate of drug-likeness (QED) is 0.575. The topological polar surface area (TPSA) is 101 Å². The van der Waals surface area contributed by atoms with E-state index in [1.807, 2.05) is 17.0 Å². The van der Waals surface area contributed by atoms with Gasteiger partial charge in [-0.15, -0.1) is 0 Å². The number of hydrogen-bond donors (Lipinski definition) is 2. The normalized spacial score (nSPS) is 16.3. The van der Waals surface area contributed by atoms with Gasteiger partial charge in [-0.25, -0.2) is 0 Å². The molecule has 0 bridgehead atoms. The number of carbonyl (C=O) groups is 2. The number of rotatable bonds is 6. The number of primary amides is 1. The van der Waals surface area contributed by atoms with Gasteiger partial charge in [0, 0.05) is 35.8 Å². The van der Waals surface area contributed by atoms with E-state index in [2.05, 4.69) is 15.3 Å². The second-order valence-electron chi connectivity index (χ2n) is 8.29. The van der Waals surface area contributed by atoms with E-state index in [4.69, 9.17) is 5.73 Å². The van der Waals surface area contributed by atoms with E-state index in [9.17, 15) is 22.8 Å². The predicted molar refractivity (Wildman–Crippen MR) is 120 cm³/mol. The predicted octanol–water partition coefficient (Wildman–Crippen LogP) is 3.32. The molecule has 3 heterocycles. The number of nitrogens with zero attached hydrogens (tertiary/aromatic N) is 3. The molecule has 4 rings (SSSR count). The number of alkyl halides is 3. The minimum Gasteiger partial charge on any atom is -0.369 e. The van der Waals surface area contributed by atoms with Gasteiger partial charge in [0.05, 0.1) is 11.6 Å². The van der Waals surface area contributed by atoms with E-state index in [1.54, 1.807) is 24.4 Å². The lowest BCUT2D eigenvalue weighted by atomic mass is 9.94. The molecule has 1 aromatic carbocycles. The highest BCUT2D eigenvalue weighted by Crippen LogP contribution is 2.30. The molecule has 1 fully saturated rings. The largest absolute Gasteiger partial charge is 0.433 e. The van der Waals surface area contributed by atoms with Crippen molar-refractivity contribution in [2.24, 2.45) is 11.7 Å². The zero-order chi connectivity index (χ0) is 24.3. The number of nitrogens with one attached hydrogen (secondary N) is 1. The minimum atomic E-state index is -4.54. The van der Waals surface area contributed by atoms with Crippen molar-refractivity contribution in [2.75, 3.05) is 19.6 Å². The van der Waals surface area contributed by atoms with Crippen LogP contribution in [0.4, 0.5) is 13.2 Å². The average molecular weight is 471 g/mol. The van der Waals surface area contributed by atoms with Crippen LogP contribution in [0.25, 0.3) is 10.9 Å². The number of carbonyl (C=O) groups excluding carboxylic acids is 2. The monoisotopic (exact) mass is 471 g/mol. The lowest BCUT2D eigenvalue weighted by molar-refractivity contribution is -0.141. The van der Waals surface area contributed by atoms with E-state index in [0.29, 0.717) is 48.0 Å². The van der Waals surface area contributed by atoms with Crippen molar-refractivity contribution < 1.29 is 22.8 Å². The molecule has 10 heteroatoms. The van der Waals surface area contributed by atoms with Gasteiger partial charge in [-0.05, 0) is 55.8 Å². The molecule has 0 spiro atoms. The molecule has 1 aliphatic heterocycles. The number of aromatic nitrogens is 2. The summed E-state index contributed by atoms with van der Waals surface area (Å²) < 4.78 is 39.0. The van der Waals surface area contributed by atoms with Crippen LogP contribution < -0.4 is 11.1 Å². The third-order valence-electron chi connectivity index (χ3n) is 6.18. The van der Waals surface area contributed by atoms with Gasteiger partial charge >= 0.3 is 6.18 Å². The number of fused-ring (bicyclic) bond motifs is 1. The summed E-state index contributed by atoms with van der Waals surface area (Å²) in [5.41, 5.74) is 6.15. The summed E-state index contributed by atoms with van der Waals surface area (Å²) in [6.07, 6.45) is -0.606. The third kappa shape index (κ3) is 5.17. The van der Waals surface area contributed by atoms with Crippen LogP contribution in [0, 0.1) is 5.92 Å². The van der Waals surface area contributed by atoms with Crippen molar-refractivity contribution >= 4 is 22.7 Å². The smallest absolute Gasteiger partial charge is 0.369 e. The van der Waals surface area contributed by atoms with Crippen molar-refractivity contribution in [3.63, 3.8) is 0 Å². The van der Waals surface area contributed by atoms with Crippen LogP contribution in [0.2, 0.25) is 0 Å². The highest BCUT2D eigenvalue weighted by Gasteiger charge is 2.33. The second kappa shape index (κ2) is 9.76. The molecule has 2 aromatic heterocycles. The zero-order valence-corrected chi connectivity index (χ0v) is 18.3. The highest BCUT2D eigenvalue weighted by molar-refractivity contribution is 6.06. The fourth-order valence-corrected chi connectivity index (χ4v) is 4.31. The highest BCUT2D eigenvalue weighted by atomic mass is 19.4. The van der Waals surface area contributed by atoms with Crippen LogP contribution in [0.3, 0.4) is 0 Å². The fourth-order valence-electron chi connectivity index (χ4n) is 4.31. The second-order valence-corrected chi connectivity index (χ2v) is 8.29. The van der Waals surface area contributed by atoms with Crippen LogP contribution >= 0.6 is 0 Å². The summed E-state index contributed by atoms with van der Waals surface area (Å²) in [5.74, 6) is -0.902. The van der Waals surface area contributed by atoms with Crippen LogP contribution in [0.5, 0.6) is 0 Å². The van der Waals surface area contributed by atoms with Crippen LogP contribution in [-0.4, -0.2) is 46.3 Å². The van der Waals surface area contributed by atoms with Crippen molar-refractivity contribution in [2.45, 2.75) is 25.1 Å². The number of hydrogen-bond acceptors (Lipinski definition) is 5. The Hall–Kier alpha value is -3.53. The summed E-state index contributed by atoms with van der Waals surface area (Å²) in [6.45, 7) is 1.20. The molecule has 34 heavy (non-hydrogen) atoms. The first-order valence-electron chi connectivity index (χ1n) is 10.9. The summed E-state index contributed by atoms with van der Waals surface area (Å²) in [6, 6.07) is 10.7. The standard InChI is InChI=1S/C24H24F3N5O2/c25-24(26,27)21-7-6-16(13-30-21)20(32-11-8-15(9-12-32)22(28)33)14-31-23(34)18-3-1-5-19-17(18)4-2-10-29-19/h1-7,10,13,15,20H,8-9,11-12,14H2,(H2,28,33)(H,31,34). The van der Waals surface area contributed by atoms with Crippen molar-refractivity contribution in [1.82, 2.24) is 20.2 Å². The number of nitrogens with two attached hydrogens (primary N) is 1. The van der Waals surface area contributed by atoms with E-state index < -0.39 is 17.9 Å². The molecule has 2 amide bonds. The third-order valence-corrected chi connectivity index (χ3v) is 6.18. The van der Waals surface area contributed by atoms with Crippen molar-refractivity contribution in [3.05, 3.63) is 71.7 Å². The number of benzene rings is 1. The van der Waals surface area contributed by atoms with Crippen LogP contribution in [-0.2, 0) is 11.0 Å². The number of halogens is 3. The van der Waals surface area contributed by atoms with Gasteiger partial charge in [-0.1, -0.05) is 18.2 Å². The molecule has 178 valence electrons. The molecular weight excluding hydrogens is 447 g/mol. The maximum Gasteiger partial charge on any atom is 0.433 e. The molecule has 0 aliphatic carbocycles. The maximum absolute atomic E-state index is 13.0. The van der Waals surface area contributed by atoms with Gasteiger partial charge in [0.25, 0.3) is 5.91 Å². The van der Waals surface area contributed by atoms with Gasteiger partial charge in [-0.3, -0.25) is 24.5 Å². The Balaban J connectivity index is 1.55. The Morgan fingerprint density at radius 2 is 1.85 bits per heavy atom. The first-order chi connectivity index (χ1) is 16.2. The summed E-state index contributed by atoms with van der Waals surface area (Å²) in [4.78, 5) is 34.4. The van der Waals surface area contributed by atoms with Gasteiger partial charge in [0.15, 0.2) is 0 Å². The van der Waals surface area contributed by atoms with Crippen LogP contribution in [0.1, 0.15) is 40.5 Å². The molecule has 3 N–H and O–H groups in total. The number of pyridine rings is 2. The average Bonchev–Trinajstić information content (AvgIpc) is 2.83. The molecule has 1 aliphatic rings. The van der Waals surface area contributed by atoms with Gasteiger partial charge < -0.3 is 11.1 Å². The van der Waals surface area contributed by atoms with Crippen molar-refractivity contribution in [3.8, 4) is 0 Å². The molecule has 1 saturated heterocycles. The molecule has 1 atom stereocenters. The Morgan fingerprint density at radius 3 is 2.50 bits per heavy atom. The van der Waals surface area contributed by atoms with E-state index in [0.717, 1.165) is 6.07 Å². The van der Waals surface area contributed by atoms with Crippen LogP contribution in [0.15, 0.2) is 54.9 Å². The Labute approximate surface area is 194 Å². The summed E-state index contributed by atoms with van der Waals surface area (Å²) in [5, 5.41) is 3.62. The van der Waals surface area contributed by atoms with E-state index >= 15 is 0 Å². The maximum atomic E-state index is 13.0. The number of amides is 2. The zero-order valence-electron chi connectivity index (χ0n) is 18.3. The first kappa shape index (κ1) is 23.6. The van der Waals surface area contributed by atoms with Gasteiger partial charge in [0.2, 0.25) is 5.91 Å². The molecule has 3 aromatic rings. The Bertz CT molecular complexity index is 1170. The van der Waals surface area contributed by atoms with Gasteiger partial charge in [-0.2, -0.15) is 13.2 Å². The summed E-state index contributed by atoms with van der Waals surface area (Å²) >= 11 is 0. The van der Waals surface area contributed by atoms with Crippen molar-refractivity contribution in [1.29, 1.82) is 0 Å². The summed E-state index contributed by atoms with van der Waals surface area (Å²) in [7, 11) is 0. The SMILES string of the molecule is NC(=O)C1CCN(C(CNC(=O)c2cccc3ncccc23)c2ccc(C(F)(F)F)nc2)CC1. The lowest BCUT2D eigenvalue weighted by Crippen LogP contribution is -2.44. The first-order valence-corrected chi connectivity index (χ1v) is 10.9.